The molecule has 4 heteroatoms. The molecule has 0 atom stereocenters. The number of benzene rings is 1. The van der Waals surface area contributed by atoms with Crippen LogP contribution in [0.15, 0.2) is 42.0 Å². The van der Waals surface area contributed by atoms with Crippen LogP contribution in [-0.4, -0.2) is 4.98 Å². The maximum atomic E-state index is 5.81. The Hall–Kier alpha value is -1.65. The van der Waals surface area contributed by atoms with Gasteiger partial charge in [-0.05, 0) is 41.8 Å². The van der Waals surface area contributed by atoms with E-state index in [9.17, 15) is 0 Å². The first-order chi connectivity index (χ1) is 8.74. The zero-order valence-corrected chi connectivity index (χ0v) is 11.5. The standard InChI is InChI=1S/C14H12N2S2/c1-9-2-3-10(13-7-16-8-17-13)6-11(9)12-4-5-14(15)18-12/h2-8H,15H2,1H3. The highest BCUT2D eigenvalue weighted by Gasteiger charge is 2.07. The van der Waals surface area contributed by atoms with Crippen LogP contribution in [0.2, 0.25) is 0 Å². The van der Waals surface area contributed by atoms with E-state index in [1.54, 1.807) is 22.7 Å². The lowest BCUT2D eigenvalue weighted by Crippen LogP contribution is -1.82. The predicted molar refractivity (Wildman–Crippen MR) is 80.0 cm³/mol. The third kappa shape index (κ3) is 2.05. The average Bonchev–Trinajstić information content (AvgIpc) is 3.01. The van der Waals surface area contributed by atoms with E-state index in [1.165, 1.54) is 26.4 Å². The van der Waals surface area contributed by atoms with E-state index in [0.717, 1.165) is 5.00 Å². The Bertz CT molecular complexity index is 669. The van der Waals surface area contributed by atoms with E-state index in [2.05, 4.69) is 36.2 Å². The average molecular weight is 272 g/mol. The minimum atomic E-state index is 0.854. The second kappa shape index (κ2) is 4.55. The van der Waals surface area contributed by atoms with Gasteiger partial charge in [0.25, 0.3) is 0 Å². The summed E-state index contributed by atoms with van der Waals surface area (Å²) < 4.78 is 0. The Labute approximate surface area is 114 Å². The van der Waals surface area contributed by atoms with Crippen molar-refractivity contribution in [1.29, 1.82) is 0 Å². The Morgan fingerprint density at radius 3 is 2.67 bits per heavy atom. The first kappa shape index (κ1) is 11.4. The molecule has 0 saturated heterocycles. The summed E-state index contributed by atoms with van der Waals surface area (Å²) in [5.41, 5.74) is 11.4. The van der Waals surface area contributed by atoms with Gasteiger partial charge in [-0.15, -0.1) is 22.7 Å². The number of hydrogen-bond donors (Lipinski definition) is 1. The van der Waals surface area contributed by atoms with Crippen LogP contribution < -0.4 is 5.73 Å². The lowest BCUT2D eigenvalue weighted by atomic mass is 10.0. The summed E-state index contributed by atoms with van der Waals surface area (Å²) in [5, 5.41) is 0.854. The molecule has 0 amide bonds. The molecule has 3 aromatic rings. The molecule has 0 spiro atoms. The van der Waals surface area contributed by atoms with Gasteiger partial charge in [-0.1, -0.05) is 12.1 Å². The van der Waals surface area contributed by atoms with Gasteiger partial charge in [0.1, 0.15) is 0 Å². The molecule has 2 nitrogen and oxygen atoms in total. The first-order valence-corrected chi connectivity index (χ1v) is 7.29. The maximum Gasteiger partial charge on any atom is 0.0862 e. The molecule has 2 heterocycles. The highest BCUT2D eigenvalue weighted by atomic mass is 32.1. The summed E-state index contributed by atoms with van der Waals surface area (Å²) in [6, 6.07) is 10.6. The van der Waals surface area contributed by atoms with Crippen molar-refractivity contribution in [3.63, 3.8) is 0 Å². The quantitative estimate of drug-likeness (QED) is 0.749. The fraction of sp³-hybridized carbons (Fsp3) is 0.0714. The minimum absolute atomic E-state index is 0.854. The number of anilines is 1. The fourth-order valence-corrected chi connectivity index (χ4v) is 3.37. The molecule has 2 aromatic heterocycles. The minimum Gasteiger partial charge on any atom is -0.391 e. The van der Waals surface area contributed by atoms with Gasteiger partial charge >= 0.3 is 0 Å². The lowest BCUT2D eigenvalue weighted by Gasteiger charge is -2.06. The number of nitrogen functional groups attached to an aromatic ring is 1. The molecule has 0 aliphatic rings. The SMILES string of the molecule is Cc1ccc(-c2cncs2)cc1-c1ccc(N)s1. The zero-order valence-electron chi connectivity index (χ0n) is 9.88. The van der Waals surface area contributed by atoms with Gasteiger partial charge in [0.05, 0.1) is 15.4 Å². The summed E-state index contributed by atoms with van der Waals surface area (Å²) in [7, 11) is 0. The van der Waals surface area contributed by atoms with Crippen LogP contribution in [0.25, 0.3) is 20.9 Å². The molecular weight excluding hydrogens is 260 g/mol. The zero-order chi connectivity index (χ0) is 12.5. The molecule has 90 valence electrons. The van der Waals surface area contributed by atoms with Crippen molar-refractivity contribution >= 4 is 27.7 Å². The molecule has 0 bridgehead atoms. The largest absolute Gasteiger partial charge is 0.391 e. The van der Waals surface area contributed by atoms with Crippen molar-refractivity contribution in [3.05, 3.63) is 47.6 Å². The van der Waals surface area contributed by atoms with Gasteiger partial charge < -0.3 is 5.73 Å². The molecule has 0 fully saturated rings. The van der Waals surface area contributed by atoms with Gasteiger partial charge in [-0.3, -0.25) is 4.98 Å². The number of aromatic nitrogens is 1. The first-order valence-electron chi connectivity index (χ1n) is 5.59. The molecule has 0 unspecified atom stereocenters. The normalized spacial score (nSPS) is 10.7. The molecule has 1 aromatic carbocycles. The van der Waals surface area contributed by atoms with E-state index in [4.69, 9.17) is 5.73 Å². The summed E-state index contributed by atoms with van der Waals surface area (Å²) in [6.45, 7) is 2.13. The molecule has 3 rings (SSSR count). The number of aryl methyl sites for hydroxylation is 1. The van der Waals surface area contributed by atoms with Crippen molar-refractivity contribution in [3.8, 4) is 20.9 Å². The van der Waals surface area contributed by atoms with E-state index in [-0.39, 0.29) is 0 Å². The Balaban J connectivity index is 2.12. The molecule has 0 aliphatic heterocycles. The van der Waals surface area contributed by atoms with Crippen LogP contribution in [0, 0.1) is 6.92 Å². The van der Waals surface area contributed by atoms with Crippen LogP contribution in [-0.2, 0) is 0 Å². The number of thiazole rings is 1. The van der Waals surface area contributed by atoms with E-state index in [1.807, 2.05) is 17.8 Å². The van der Waals surface area contributed by atoms with Gasteiger partial charge in [0.15, 0.2) is 0 Å². The number of rotatable bonds is 2. The van der Waals surface area contributed by atoms with Crippen LogP contribution in [0.5, 0.6) is 0 Å². The van der Waals surface area contributed by atoms with Crippen LogP contribution in [0.1, 0.15) is 5.56 Å². The Morgan fingerprint density at radius 1 is 1.11 bits per heavy atom. The fourth-order valence-electron chi connectivity index (χ4n) is 1.90. The summed E-state index contributed by atoms with van der Waals surface area (Å²) >= 11 is 3.29. The predicted octanol–water partition coefficient (Wildman–Crippen LogP) is 4.43. The van der Waals surface area contributed by atoms with Gasteiger partial charge in [-0.25, -0.2) is 0 Å². The molecule has 0 saturated carbocycles. The van der Waals surface area contributed by atoms with Crippen LogP contribution >= 0.6 is 22.7 Å². The van der Waals surface area contributed by atoms with Crippen molar-refractivity contribution in [2.75, 3.05) is 5.73 Å². The Morgan fingerprint density at radius 2 is 2.00 bits per heavy atom. The van der Waals surface area contributed by atoms with Gasteiger partial charge in [-0.2, -0.15) is 0 Å². The highest BCUT2D eigenvalue weighted by molar-refractivity contribution is 7.19. The molecule has 0 radical (unpaired) electrons. The summed E-state index contributed by atoms with van der Waals surface area (Å²) in [6.07, 6.45) is 1.90. The van der Waals surface area contributed by atoms with Crippen molar-refractivity contribution in [2.24, 2.45) is 0 Å². The Kier molecular flexibility index (Phi) is 2.89. The van der Waals surface area contributed by atoms with Crippen molar-refractivity contribution < 1.29 is 0 Å². The number of hydrogen-bond acceptors (Lipinski definition) is 4. The third-order valence-electron chi connectivity index (χ3n) is 2.85. The van der Waals surface area contributed by atoms with Crippen LogP contribution in [0.4, 0.5) is 5.00 Å². The number of nitrogens with zero attached hydrogens (tertiary/aromatic N) is 1. The summed E-state index contributed by atoms with van der Waals surface area (Å²) in [4.78, 5) is 6.54. The number of thiophene rings is 1. The maximum absolute atomic E-state index is 5.81. The van der Waals surface area contributed by atoms with Gasteiger partial charge in [0, 0.05) is 11.1 Å². The molecule has 2 N–H and O–H groups in total. The molecule has 18 heavy (non-hydrogen) atoms. The van der Waals surface area contributed by atoms with Crippen LogP contribution in [0.3, 0.4) is 0 Å². The van der Waals surface area contributed by atoms with E-state index < -0.39 is 0 Å². The topological polar surface area (TPSA) is 38.9 Å². The smallest absolute Gasteiger partial charge is 0.0862 e. The lowest BCUT2D eigenvalue weighted by molar-refractivity contribution is 1.42. The second-order valence-electron chi connectivity index (χ2n) is 4.10. The molecule has 0 aliphatic carbocycles. The van der Waals surface area contributed by atoms with Crippen molar-refractivity contribution in [1.82, 2.24) is 4.98 Å². The van der Waals surface area contributed by atoms with E-state index in [0.29, 0.717) is 0 Å². The summed E-state index contributed by atoms with van der Waals surface area (Å²) in [5.74, 6) is 0. The monoisotopic (exact) mass is 272 g/mol. The van der Waals surface area contributed by atoms with Gasteiger partial charge in [0.2, 0.25) is 0 Å². The number of nitrogens with two attached hydrogens (primary N) is 1. The van der Waals surface area contributed by atoms with Crippen molar-refractivity contribution in [2.45, 2.75) is 6.92 Å². The van der Waals surface area contributed by atoms with E-state index >= 15 is 0 Å². The highest BCUT2D eigenvalue weighted by Crippen LogP contribution is 2.35. The molecular formula is C14H12N2S2. The third-order valence-corrected chi connectivity index (χ3v) is 4.62. The second-order valence-corrected chi connectivity index (χ2v) is 6.10.